The maximum absolute atomic E-state index is 5.94. The van der Waals surface area contributed by atoms with Crippen LogP contribution in [0.3, 0.4) is 0 Å². The molecule has 4 nitrogen and oxygen atoms in total. The summed E-state index contributed by atoms with van der Waals surface area (Å²) in [7, 11) is 0. The first-order valence-electron chi connectivity index (χ1n) is 8.70. The van der Waals surface area contributed by atoms with Crippen LogP contribution in [0.2, 0.25) is 0 Å². The van der Waals surface area contributed by atoms with Crippen LogP contribution in [0.4, 0.5) is 0 Å². The van der Waals surface area contributed by atoms with Crippen molar-refractivity contribution in [2.24, 2.45) is 0 Å². The summed E-state index contributed by atoms with van der Waals surface area (Å²) in [6, 6.07) is 6.48. The van der Waals surface area contributed by atoms with Crippen molar-refractivity contribution >= 4 is 11.0 Å². The Hall–Kier alpha value is -1.39. The lowest BCUT2D eigenvalue weighted by molar-refractivity contribution is 0.105. The van der Waals surface area contributed by atoms with Crippen LogP contribution in [0.25, 0.3) is 11.0 Å². The summed E-state index contributed by atoms with van der Waals surface area (Å²) in [5.41, 5.74) is 2.44. The standard InChI is InChI=1S/C18H25N3O/c1-2-9-20(10-3-1)11-12-21-16(17-7-5-13-22-17)14-15-6-4-8-19-18(15)21/h4,6,8,14,17H,1-3,5,7,9-13H2/t17-/m0/s1. The molecular weight excluding hydrogens is 274 g/mol. The molecule has 0 aromatic carbocycles. The minimum atomic E-state index is 0.260. The topological polar surface area (TPSA) is 30.3 Å². The number of rotatable bonds is 4. The monoisotopic (exact) mass is 299 g/mol. The molecule has 118 valence electrons. The quantitative estimate of drug-likeness (QED) is 0.867. The molecule has 2 saturated heterocycles. The van der Waals surface area contributed by atoms with E-state index >= 15 is 0 Å². The maximum atomic E-state index is 5.94. The van der Waals surface area contributed by atoms with E-state index in [2.05, 4.69) is 26.6 Å². The van der Waals surface area contributed by atoms with Crippen LogP contribution < -0.4 is 0 Å². The number of piperidine rings is 1. The summed E-state index contributed by atoms with van der Waals surface area (Å²) in [5, 5.41) is 1.24. The summed E-state index contributed by atoms with van der Waals surface area (Å²) < 4.78 is 8.34. The van der Waals surface area contributed by atoms with Crippen LogP contribution >= 0.6 is 0 Å². The second-order valence-electron chi connectivity index (χ2n) is 6.54. The largest absolute Gasteiger partial charge is 0.372 e. The van der Waals surface area contributed by atoms with Crippen LogP contribution in [0.5, 0.6) is 0 Å². The lowest BCUT2D eigenvalue weighted by Gasteiger charge is -2.27. The summed E-state index contributed by atoms with van der Waals surface area (Å²) in [4.78, 5) is 7.22. The number of fused-ring (bicyclic) bond motifs is 1. The minimum absolute atomic E-state index is 0.260. The van der Waals surface area contributed by atoms with Crippen molar-refractivity contribution in [3.63, 3.8) is 0 Å². The molecule has 1 atom stereocenters. The second kappa shape index (κ2) is 6.39. The second-order valence-corrected chi connectivity index (χ2v) is 6.54. The van der Waals surface area contributed by atoms with Gasteiger partial charge in [0.2, 0.25) is 0 Å². The Morgan fingerprint density at radius 3 is 2.86 bits per heavy atom. The first-order valence-corrected chi connectivity index (χ1v) is 8.70. The van der Waals surface area contributed by atoms with Crippen molar-refractivity contribution in [3.05, 3.63) is 30.1 Å². The number of ether oxygens (including phenoxy) is 1. The third kappa shape index (κ3) is 2.77. The zero-order chi connectivity index (χ0) is 14.8. The van der Waals surface area contributed by atoms with Gasteiger partial charge >= 0.3 is 0 Å². The van der Waals surface area contributed by atoms with Crippen LogP contribution in [0.1, 0.15) is 43.9 Å². The lowest BCUT2D eigenvalue weighted by atomic mass is 10.1. The molecule has 0 radical (unpaired) electrons. The van der Waals surface area contributed by atoms with Gasteiger partial charge in [-0.15, -0.1) is 0 Å². The summed E-state index contributed by atoms with van der Waals surface area (Å²) >= 11 is 0. The summed E-state index contributed by atoms with van der Waals surface area (Å²) in [5.74, 6) is 0. The van der Waals surface area contributed by atoms with Crippen molar-refractivity contribution in [1.29, 1.82) is 0 Å². The maximum Gasteiger partial charge on any atom is 0.140 e. The third-order valence-corrected chi connectivity index (χ3v) is 5.04. The van der Waals surface area contributed by atoms with Crippen LogP contribution in [0.15, 0.2) is 24.4 Å². The normalized spacial score (nSPS) is 23.4. The molecule has 4 heterocycles. The number of aromatic nitrogens is 2. The SMILES string of the molecule is c1cnc2c(c1)cc([C@@H]1CCCO1)n2CCN1CCCCC1. The number of likely N-dealkylation sites (tertiary alicyclic amines) is 1. The van der Waals surface area contributed by atoms with Gasteiger partial charge in [-0.3, -0.25) is 0 Å². The highest BCUT2D eigenvalue weighted by Gasteiger charge is 2.23. The van der Waals surface area contributed by atoms with E-state index in [1.165, 1.54) is 49.9 Å². The molecule has 4 heteroatoms. The Balaban J connectivity index is 1.60. The first kappa shape index (κ1) is 14.2. The van der Waals surface area contributed by atoms with Gasteiger partial charge in [0.15, 0.2) is 0 Å². The van der Waals surface area contributed by atoms with E-state index in [0.717, 1.165) is 31.8 Å². The number of hydrogen-bond acceptors (Lipinski definition) is 3. The number of pyridine rings is 1. The predicted molar refractivity (Wildman–Crippen MR) is 88.0 cm³/mol. The van der Waals surface area contributed by atoms with Crippen LogP contribution in [0, 0.1) is 0 Å². The molecule has 0 bridgehead atoms. The number of nitrogens with zero attached hydrogens (tertiary/aromatic N) is 3. The Morgan fingerprint density at radius 2 is 2.05 bits per heavy atom. The van der Waals surface area contributed by atoms with Crippen molar-refractivity contribution in [1.82, 2.24) is 14.5 Å². The van der Waals surface area contributed by atoms with Gasteiger partial charge in [-0.1, -0.05) is 6.42 Å². The van der Waals surface area contributed by atoms with Crippen molar-refractivity contribution < 1.29 is 4.74 Å². The highest BCUT2D eigenvalue weighted by Crippen LogP contribution is 2.32. The molecule has 0 saturated carbocycles. The zero-order valence-corrected chi connectivity index (χ0v) is 13.2. The lowest BCUT2D eigenvalue weighted by Crippen LogP contribution is -2.33. The minimum Gasteiger partial charge on any atom is -0.372 e. The Morgan fingerprint density at radius 1 is 1.14 bits per heavy atom. The van der Waals surface area contributed by atoms with Crippen molar-refractivity contribution in [3.8, 4) is 0 Å². The fraction of sp³-hybridized carbons (Fsp3) is 0.611. The van der Waals surface area contributed by atoms with Gasteiger partial charge in [0.1, 0.15) is 5.65 Å². The van der Waals surface area contributed by atoms with Crippen molar-refractivity contribution in [2.75, 3.05) is 26.2 Å². The Labute approximate surface area is 132 Å². The highest BCUT2D eigenvalue weighted by molar-refractivity contribution is 5.77. The Kier molecular flexibility index (Phi) is 4.13. The van der Waals surface area contributed by atoms with Crippen molar-refractivity contribution in [2.45, 2.75) is 44.8 Å². The van der Waals surface area contributed by atoms with E-state index in [0.29, 0.717) is 0 Å². The van der Waals surface area contributed by atoms with Gasteiger partial charge < -0.3 is 14.2 Å². The van der Waals surface area contributed by atoms with Gasteiger partial charge in [-0.2, -0.15) is 0 Å². The predicted octanol–water partition coefficient (Wildman–Crippen LogP) is 3.37. The summed E-state index contributed by atoms with van der Waals surface area (Å²) in [6.07, 6.45) is 8.57. The molecule has 2 aromatic heterocycles. The molecule has 0 aliphatic carbocycles. The van der Waals surface area contributed by atoms with E-state index in [1.54, 1.807) is 0 Å². The van der Waals surface area contributed by atoms with Crippen LogP contribution in [-0.2, 0) is 11.3 Å². The molecule has 22 heavy (non-hydrogen) atoms. The zero-order valence-electron chi connectivity index (χ0n) is 13.2. The highest BCUT2D eigenvalue weighted by atomic mass is 16.5. The van der Waals surface area contributed by atoms with E-state index in [9.17, 15) is 0 Å². The summed E-state index contributed by atoms with van der Waals surface area (Å²) in [6.45, 7) is 5.55. The fourth-order valence-corrected chi connectivity index (χ4v) is 3.84. The molecule has 0 unspecified atom stereocenters. The molecule has 4 rings (SSSR count). The van der Waals surface area contributed by atoms with Gasteiger partial charge in [-0.25, -0.2) is 4.98 Å². The van der Waals surface area contributed by atoms with Gasteiger partial charge in [-0.05, 0) is 57.0 Å². The molecular formula is C18H25N3O. The van der Waals surface area contributed by atoms with E-state index in [-0.39, 0.29) is 6.10 Å². The fourth-order valence-electron chi connectivity index (χ4n) is 3.84. The van der Waals surface area contributed by atoms with Gasteiger partial charge in [0.25, 0.3) is 0 Å². The smallest absolute Gasteiger partial charge is 0.140 e. The molecule has 2 fully saturated rings. The molecule has 0 N–H and O–H groups in total. The van der Waals surface area contributed by atoms with Gasteiger partial charge in [0, 0.05) is 37.0 Å². The molecule has 0 amide bonds. The first-order chi connectivity index (χ1) is 10.9. The van der Waals surface area contributed by atoms with Gasteiger partial charge in [0.05, 0.1) is 6.10 Å². The third-order valence-electron chi connectivity index (χ3n) is 5.04. The average molecular weight is 299 g/mol. The van der Waals surface area contributed by atoms with E-state index < -0.39 is 0 Å². The molecule has 2 aliphatic heterocycles. The van der Waals surface area contributed by atoms with E-state index in [4.69, 9.17) is 4.74 Å². The molecule has 2 aliphatic rings. The molecule has 0 spiro atoms. The molecule has 2 aromatic rings. The average Bonchev–Trinajstić information content (AvgIpc) is 3.21. The van der Waals surface area contributed by atoms with Crippen LogP contribution in [-0.4, -0.2) is 40.7 Å². The number of hydrogen-bond donors (Lipinski definition) is 0. The van der Waals surface area contributed by atoms with E-state index in [1.807, 2.05) is 12.3 Å². The Bertz CT molecular complexity index is 624.